The second kappa shape index (κ2) is 6.25. The van der Waals surface area contributed by atoms with Gasteiger partial charge in [-0.1, -0.05) is 0 Å². The van der Waals surface area contributed by atoms with Gasteiger partial charge in [-0.05, 0) is 25.0 Å². The van der Waals surface area contributed by atoms with Crippen LogP contribution in [0.25, 0.3) is 5.70 Å². The fraction of sp³-hybridized carbons (Fsp3) is 0.357. The van der Waals surface area contributed by atoms with Gasteiger partial charge in [0.15, 0.2) is 5.75 Å². The molecule has 1 aromatic carbocycles. The molecule has 1 N–H and O–H groups in total. The number of nitrogens with one attached hydrogen (secondary N) is 1. The minimum Gasteiger partial charge on any atom is -0.490 e. The first kappa shape index (κ1) is 14.8. The van der Waals surface area contributed by atoms with E-state index in [-0.39, 0.29) is 18.0 Å². The largest absolute Gasteiger partial charge is 0.490 e. The first-order chi connectivity index (χ1) is 10.1. The van der Waals surface area contributed by atoms with Crippen molar-refractivity contribution in [2.45, 2.75) is 13.3 Å². The molecule has 0 atom stereocenters. The maximum absolute atomic E-state index is 11.6. The molecule has 0 amide bonds. The number of ether oxygens (including phenoxy) is 2. The zero-order chi connectivity index (χ0) is 15.4. The average molecular weight is 292 g/mol. The van der Waals surface area contributed by atoms with E-state index in [2.05, 4.69) is 5.32 Å². The first-order valence-electron chi connectivity index (χ1n) is 6.54. The molecule has 112 valence electrons. The van der Waals surface area contributed by atoms with Crippen molar-refractivity contribution in [3.05, 3.63) is 39.4 Å². The van der Waals surface area contributed by atoms with Gasteiger partial charge in [0.05, 0.1) is 18.6 Å². The van der Waals surface area contributed by atoms with Crippen LogP contribution in [-0.4, -0.2) is 31.2 Å². The third kappa shape index (κ3) is 3.13. The Morgan fingerprint density at radius 1 is 1.52 bits per heavy atom. The molecule has 0 fully saturated rings. The van der Waals surface area contributed by atoms with Crippen molar-refractivity contribution < 1.29 is 19.2 Å². The van der Waals surface area contributed by atoms with Gasteiger partial charge >= 0.3 is 11.7 Å². The number of nitro benzene ring substituents is 1. The van der Waals surface area contributed by atoms with E-state index >= 15 is 0 Å². The molecular weight excluding hydrogens is 276 g/mol. The minimum absolute atomic E-state index is 0.130. The van der Waals surface area contributed by atoms with Crippen LogP contribution in [0.5, 0.6) is 5.75 Å². The molecule has 1 aromatic rings. The molecule has 0 unspecified atom stereocenters. The molecule has 1 heterocycles. The summed E-state index contributed by atoms with van der Waals surface area (Å²) < 4.78 is 9.92. The third-order valence-electron chi connectivity index (χ3n) is 3.15. The second-order valence-electron chi connectivity index (χ2n) is 4.43. The number of carbonyl (C=O) groups excluding carboxylic acids is 1. The van der Waals surface area contributed by atoms with Crippen molar-refractivity contribution in [1.29, 1.82) is 0 Å². The Kier molecular flexibility index (Phi) is 4.42. The lowest BCUT2D eigenvalue weighted by Crippen LogP contribution is -2.24. The number of fused-ring (bicyclic) bond motifs is 1. The summed E-state index contributed by atoms with van der Waals surface area (Å²) in [4.78, 5) is 22.2. The van der Waals surface area contributed by atoms with Gasteiger partial charge in [-0.25, -0.2) is 4.79 Å². The van der Waals surface area contributed by atoms with Gasteiger partial charge < -0.3 is 14.8 Å². The van der Waals surface area contributed by atoms with Crippen LogP contribution >= 0.6 is 0 Å². The van der Waals surface area contributed by atoms with E-state index in [1.54, 1.807) is 13.0 Å². The summed E-state index contributed by atoms with van der Waals surface area (Å²) in [6, 6.07) is 3.07. The van der Waals surface area contributed by atoms with Crippen LogP contribution in [0.1, 0.15) is 18.1 Å². The van der Waals surface area contributed by atoms with Crippen molar-refractivity contribution in [1.82, 2.24) is 5.32 Å². The van der Waals surface area contributed by atoms with Crippen LogP contribution in [0.4, 0.5) is 5.69 Å². The number of nitrogens with zero attached hydrogens (tertiary/aromatic N) is 1. The molecule has 0 saturated carbocycles. The van der Waals surface area contributed by atoms with Gasteiger partial charge in [-0.15, -0.1) is 0 Å². The maximum Gasteiger partial charge on any atom is 0.332 e. The maximum atomic E-state index is 11.6. The number of carbonyl (C=O) groups is 1. The Labute approximate surface area is 121 Å². The molecule has 1 aliphatic heterocycles. The summed E-state index contributed by atoms with van der Waals surface area (Å²) in [7, 11) is 1.39. The highest BCUT2D eigenvalue weighted by molar-refractivity contribution is 5.92. The minimum atomic E-state index is -0.504. The lowest BCUT2D eigenvalue weighted by atomic mass is 9.96. The smallest absolute Gasteiger partial charge is 0.332 e. The van der Waals surface area contributed by atoms with Crippen LogP contribution < -0.4 is 10.1 Å². The Morgan fingerprint density at radius 3 is 2.90 bits per heavy atom. The molecule has 21 heavy (non-hydrogen) atoms. The quantitative estimate of drug-likeness (QED) is 0.393. The molecule has 1 aliphatic rings. The molecule has 0 aliphatic carbocycles. The Balaban J connectivity index is 2.49. The van der Waals surface area contributed by atoms with E-state index < -0.39 is 10.9 Å². The fourth-order valence-corrected chi connectivity index (χ4v) is 2.23. The molecular formula is C14H16N2O5. The van der Waals surface area contributed by atoms with E-state index in [9.17, 15) is 14.9 Å². The third-order valence-corrected chi connectivity index (χ3v) is 3.15. The van der Waals surface area contributed by atoms with Crippen LogP contribution in [-0.2, 0) is 16.0 Å². The Hall–Kier alpha value is -2.57. The first-order valence-corrected chi connectivity index (χ1v) is 6.54. The highest BCUT2D eigenvalue weighted by Crippen LogP contribution is 2.34. The molecule has 7 nitrogen and oxygen atoms in total. The number of nitro groups is 1. The molecule has 0 spiro atoms. The molecule has 0 aromatic heterocycles. The average Bonchev–Trinajstić information content (AvgIpc) is 2.46. The number of esters is 1. The van der Waals surface area contributed by atoms with Crippen LogP contribution in [0.2, 0.25) is 0 Å². The van der Waals surface area contributed by atoms with E-state index in [0.29, 0.717) is 24.2 Å². The predicted octanol–water partition coefficient (Wildman–Crippen LogP) is 1.65. The van der Waals surface area contributed by atoms with Crippen molar-refractivity contribution in [3.63, 3.8) is 0 Å². The standard InChI is InChI=1S/C14H16N2O5/c1-3-21-14(17)8-11-10-7-12(16(18)19)13(20-2)6-9(10)4-5-15-11/h6-8,15H,3-5H2,1-2H3. The van der Waals surface area contributed by atoms with E-state index in [4.69, 9.17) is 9.47 Å². The zero-order valence-corrected chi connectivity index (χ0v) is 11.8. The summed E-state index contributed by atoms with van der Waals surface area (Å²) in [5.74, 6) is -0.262. The lowest BCUT2D eigenvalue weighted by Gasteiger charge is -2.21. The van der Waals surface area contributed by atoms with Gasteiger partial charge in [-0.2, -0.15) is 0 Å². The Bertz CT molecular complexity index is 610. The highest BCUT2D eigenvalue weighted by Gasteiger charge is 2.23. The molecule has 0 saturated heterocycles. The summed E-state index contributed by atoms with van der Waals surface area (Å²) in [6.45, 7) is 2.63. The normalized spacial score (nSPS) is 15.0. The number of benzene rings is 1. The fourth-order valence-electron chi connectivity index (χ4n) is 2.23. The van der Waals surface area contributed by atoms with Gasteiger partial charge in [0.2, 0.25) is 0 Å². The van der Waals surface area contributed by atoms with Crippen LogP contribution in [0, 0.1) is 10.1 Å². The van der Waals surface area contributed by atoms with Crippen LogP contribution in [0.15, 0.2) is 18.2 Å². The SMILES string of the molecule is CCOC(=O)C=C1NCCc2cc(OC)c([N+](=O)[O-])cc21. The zero-order valence-electron chi connectivity index (χ0n) is 11.8. The van der Waals surface area contributed by atoms with Crippen molar-refractivity contribution in [2.75, 3.05) is 20.3 Å². The molecule has 7 heteroatoms. The van der Waals surface area contributed by atoms with Crippen molar-refractivity contribution in [2.24, 2.45) is 0 Å². The van der Waals surface area contributed by atoms with E-state index in [0.717, 1.165) is 5.56 Å². The van der Waals surface area contributed by atoms with Gasteiger partial charge in [-0.3, -0.25) is 10.1 Å². The summed E-state index contributed by atoms with van der Waals surface area (Å²) >= 11 is 0. The topological polar surface area (TPSA) is 90.7 Å². The number of rotatable bonds is 4. The van der Waals surface area contributed by atoms with Crippen LogP contribution in [0.3, 0.4) is 0 Å². The summed E-state index contributed by atoms with van der Waals surface area (Å²) in [5, 5.41) is 14.2. The molecule has 0 radical (unpaired) electrons. The summed E-state index contributed by atoms with van der Waals surface area (Å²) in [6.07, 6.45) is 2.02. The van der Waals surface area contributed by atoms with Gasteiger partial charge in [0.1, 0.15) is 0 Å². The lowest BCUT2D eigenvalue weighted by molar-refractivity contribution is -0.385. The van der Waals surface area contributed by atoms with Crippen molar-refractivity contribution >= 4 is 17.4 Å². The number of hydrogen-bond acceptors (Lipinski definition) is 6. The molecule has 0 bridgehead atoms. The highest BCUT2D eigenvalue weighted by atomic mass is 16.6. The number of methoxy groups -OCH3 is 1. The Morgan fingerprint density at radius 2 is 2.29 bits per heavy atom. The predicted molar refractivity (Wildman–Crippen MR) is 76.0 cm³/mol. The number of hydrogen-bond donors (Lipinski definition) is 1. The van der Waals surface area contributed by atoms with Gasteiger partial charge in [0, 0.05) is 29.9 Å². The summed E-state index contributed by atoms with van der Waals surface area (Å²) in [5.41, 5.74) is 1.92. The van der Waals surface area contributed by atoms with Gasteiger partial charge in [0.25, 0.3) is 0 Å². The molecule has 2 rings (SSSR count). The monoisotopic (exact) mass is 292 g/mol. The van der Waals surface area contributed by atoms with E-state index in [1.807, 2.05) is 0 Å². The van der Waals surface area contributed by atoms with Crippen molar-refractivity contribution in [3.8, 4) is 5.75 Å². The second-order valence-corrected chi connectivity index (χ2v) is 4.43. The van der Waals surface area contributed by atoms with E-state index in [1.165, 1.54) is 19.3 Å².